The van der Waals surface area contributed by atoms with E-state index in [0.717, 1.165) is 0 Å². The maximum atomic E-state index is 12.7. The van der Waals surface area contributed by atoms with Gasteiger partial charge in [0.2, 0.25) is 10.0 Å². The molecule has 1 fully saturated rings. The summed E-state index contributed by atoms with van der Waals surface area (Å²) < 4.78 is 32.0. The zero-order chi connectivity index (χ0) is 18.7. The maximum absolute atomic E-state index is 12.7. The minimum Gasteiger partial charge on any atom is -0.497 e. The minimum absolute atomic E-state index is 0.135. The summed E-state index contributed by atoms with van der Waals surface area (Å²) in [5, 5.41) is 0.373. The van der Waals surface area contributed by atoms with Crippen LogP contribution in [0, 0.1) is 0 Å². The lowest BCUT2D eigenvalue weighted by molar-refractivity contribution is 0.0697. The Kier molecular flexibility index (Phi) is 5.50. The highest BCUT2D eigenvalue weighted by Gasteiger charge is 2.30. The van der Waals surface area contributed by atoms with Crippen molar-refractivity contribution in [2.45, 2.75) is 4.90 Å². The van der Waals surface area contributed by atoms with Crippen molar-refractivity contribution in [1.29, 1.82) is 0 Å². The average molecular weight is 395 g/mol. The SMILES string of the molecule is COc1cccc(C(=O)N2CCN(S(=O)(=O)c3cccc(Cl)c3)CC2)c1. The Morgan fingerprint density at radius 2 is 1.73 bits per heavy atom. The first-order chi connectivity index (χ1) is 12.4. The van der Waals surface area contributed by atoms with Gasteiger partial charge in [0.05, 0.1) is 12.0 Å². The summed E-state index contributed by atoms with van der Waals surface area (Å²) in [7, 11) is -2.07. The average Bonchev–Trinajstić information content (AvgIpc) is 2.67. The minimum atomic E-state index is -3.62. The molecule has 0 radical (unpaired) electrons. The number of sulfonamides is 1. The lowest BCUT2D eigenvalue weighted by Crippen LogP contribution is -2.50. The predicted octanol–water partition coefficient (Wildman–Crippen LogP) is 2.50. The number of methoxy groups -OCH3 is 1. The molecule has 2 aromatic rings. The van der Waals surface area contributed by atoms with Gasteiger partial charge < -0.3 is 9.64 Å². The van der Waals surface area contributed by atoms with Crippen LogP contribution in [0.25, 0.3) is 0 Å². The van der Waals surface area contributed by atoms with Gasteiger partial charge in [0, 0.05) is 36.8 Å². The molecule has 0 N–H and O–H groups in total. The maximum Gasteiger partial charge on any atom is 0.254 e. The van der Waals surface area contributed by atoms with Gasteiger partial charge in [-0.1, -0.05) is 23.7 Å². The van der Waals surface area contributed by atoms with Gasteiger partial charge in [-0.05, 0) is 36.4 Å². The molecule has 1 amide bonds. The molecular formula is C18H19ClN2O4S. The number of nitrogens with zero attached hydrogens (tertiary/aromatic N) is 2. The number of hydrogen-bond donors (Lipinski definition) is 0. The Morgan fingerprint density at radius 3 is 2.38 bits per heavy atom. The molecule has 26 heavy (non-hydrogen) atoms. The molecule has 0 saturated carbocycles. The Hall–Kier alpha value is -2.09. The summed E-state index contributed by atoms with van der Waals surface area (Å²) in [6.07, 6.45) is 0. The van der Waals surface area contributed by atoms with E-state index in [1.54, 1.807) is 48.4 Å². The second-order valence-corrected chi connectivity index (χ2v) is 8.26. The zero-order valence-corrected chi connectivity index (χ0v) is 15.8. The van der Waals surface area contributed by atoms with Crippen molar-refractivity contribution < 1.29 is 17.9 Å². The molecule has 1 aliphatic heterocycles. The number of rotatable bonds is 4. The van der Waals surface area contributed by atoms with E-state index in [0.29, 0.717) is 29.4 Å². The van der Waals surface area contributed by atoms with Crippen LogP contribution in [0.4, 0.5) is 0 Å². The molecule has 0 unspecified atom stereocenters. The molecule has 1 saturated heterocycles. The first-order valence-corrected chi connectivity index (χ1v) is 9.92. The molecule has 1 heterocycles. The van der Waals surface area contributed by atoms with Crippen molar-refractivity contribution in [2.24, 2.45) is 0 Å². The molecule has 2 aromatic carbocycles. The van der Waals surface area contributed by atoms with Crippen LogP contribution in [0.2, 0.25) is 5.02 Å². The van der Waals surface area contributed by atoms with E-state index in [9.17, 15) is 13.2 Å². The molecule has 0 atom stereocenters. The van der Waals surface area contributed by atoms with Crippen LogP contribution >= 0.6 is 11.6 Å². The van der Waals surface area contributed by atoms with Gasteiger partial charge >= 0.3 is 0 Å². The summed E-state index contributed by atoms with van der Waals surface area (Å²) >= 11 is 5.90. The fourth-order valence-corrected chi connectivity index (χ4v) is 4.57. The normalized spacial score (nSPS) is 15.7. The molecule has 0 aliphatic carbocycles. The van der Waals surface area contributed by atoms with E-state index in [1.807, 2.05) is 0 Å². The Morgan fingerprint density at radius 1 is 1.04 bits per heavy atom. The number of benzene rings is 2. The summed E-state index contributed by atoms with van der Waals surface area (Å²) in [6.45, 7) is 1.14. The number of carbonyl (C=O) groups excluding carboxylic acids is 1. The van der Waals surface area contributed by atoms with Crippen molar-refractivity contribution in [3.63, 3.8) is 0 Å². The highest BCUT2D eigenvalue weighted by Crippen LogP contribution is 2.22. The van der Waals surface area contributed by atoms with E-state index in [2.05, 4.69) is 0 Å². The third-order valence-electron chi connectivity index (χ3n) is 4.28. The molecule has 8 heteroatoms. The predicted molar refractivity (Wildman–Crippen MR) is 99.1 cm³/mol. The first kappa shape index (κ1) is 18.7. The van der Waals surface area contributed by atoms with Crippen LogP contribution in [0.3, 0.4) is 0 Å². The highest BCUT2D eigenvalue weighted by atomic mass is 35.5. The fraction of sp³-hybridized carbons (Fsp3) is 0.278. The van der Waals surface area contributed by atoms with Gasteiger partial charge in [0.1, 0.15) is 5.75 Å². The van der Waals surface area contributed by atoms with E-state index in [-0.39, 0.29) is 23.9 Å². The zero-order valence-electron chi connectivity index (χ0n) is 14.3. The molecule has 0 spiro atoms. The van der Waals surface area contributed by atoms with E-state index < -0.39 is 10.0 Å². The summed E-state index contributed by atoms with van der Waals surface area (Å²) in [4.78, 5) is 14.4. The quantitative estimate of drug-likeness (QED) is 0.799. The lowest BCUT2D eigenvalue weighted by atomic mass is 10.1. The Labute approximate surface area is 158 Å². The van der Waals surface area contributed by atoms with Crippen LogP contribution in [0.1, 0.15) is 10.4 Å². The topological polar surface area (TPSA) is 66.9 Å². The van der Waals surface area contributed by atoms with Crippen molar-refractivity contribution >= 4 is 27.5 Å². The van der Waals surface area contributed by atoms with Gasteiger partial charge in [-0.2, -0.15) is 4.31 Å². The van der Waals surface area contributed by atoms with Crippen LogP contribution in [0.5, 0.6) is 5.75 Å². The lowest BCUT2D eigenvalue weighted by Gasteiger charge is -2.34. The van der Waals surface area contributed by atoms with E-state index >= 15 is 0 Å². The second kappa shape index (κ2) is 7.65. The smallest absolute Gasteiger partial charge is 0.254 e. The monoisotopic (exact) mass is 394 g/mol. The number of ether oxygens (including phenoxy) is 1. The van der Waals surface area contributed by atoms with Crippen molar-refractivity contribution in [3.05, 3.63) is 59.1 Å². The van der Waals surface area contributed by atoms with Gasteiger partial charge in [-0.15, -0.1) is 0 Å². The van der Waals surface area contributed by atoms with Crippen LogP contribution < -0.4 is 4.74 Å². The fourth-order valence-electron chi connectivity index (χ4n) is 2.85. The van der Waals surface area contributed by atoms with Gasteiger partial charge in [-0.3, -0.25) is 4.79 Å². The summed E-state index contributed by atoms with van der Waals surface area (Å²) in [5.41, 5.74) is 0.524. The summed E-state index contributed by atoms with van der Waals surface area (Å²) in [6, 6.07) is 13.1. The van der Waals surface area contributed by atoms with Crippen molar-refractivity contribution in [3.8, 4) is 5.75 Å². The molecule has 6 nitrogen and oxygen atoms in total. The highest BCUT2D eigenvalue weighted by molar-refractivity contribution is 7.89. The van der Waals surface area contributed by atoms with E-state index in [1.165, 1.54) is 16.4 Å². The van der Waals surface area contributed by atoms with Gasteiger partial charge in [0.15, 0.2) is 0 Å². The number of carbonyl (C=O) groups is 1. The van der Waals surface area contributed by atoms with E-state index in [4.69, 9.17) is 16.3 Å². The molecule has 138 valence electrons. The standard InChI is InChI=1S/C18H19ClN2O4S/c1-25-16-6-2-4-14(12-16)18(22)20-8-10-21(11-9-20)26(23,24)17-7-3-5-15(19)13-17/h2-7,12-13H,8-11H2,1H3. The molecule has 0 bridgehead atoms. The third-order valence-corrected chi connectivity index (χ3v) is 6.41. The Balaban J connectivity index is 1.69. The molecule has 3 rings (SSSR count). The van der Waals surface area contributed by atoms with Crippen LogP contribution in [-0.2, 0) is 10.0 Å². The number of amides is 1. The van der Waals surface area contributed by atoms with Gasteiger partial charge in [0.25, 0.3) is 5.91 Å². The number of hydrogen-bond acceptors (Lipinski definition) is 4. The first-order valence-electron chi connectivity index (χ1n) is 8.11. The molecule has 1 aliphatic rings. The van der Waals surface area contributed by atoms with Crippen LogP contribution in [0.15, 0.2) is 53.4 Å². The van der Waals surface area contributed by atoms with Gasteiger partial charge in [-0.25, -0.2) is 8.42 Å². The van der Waals surface area contributed by atoms with Crippen LogP contribution in [-0.4, -0.2) is 56.8 Å². The van der Waals surface area contributed by atoms with Crippen molar-refractivity contribution in [2.75, 3.05) is 33.3 Å². The molecular weight excluding hydrogens is 376 g/mol. The third kappa shape index (κ3) is 3.85. The Bertz CT molecular complexity index is 909. The van der Waals surface area contributed by atoms with Crippen molar-refractivity contribution in [1.82, 2.24) is 9.21 Å². The number of piperazine rings is 1. The second-order valence-electron chi connectivity index (χ2n) is 5.89. The summed E-state index contributed by atoms with van der Waals surface area (Å²) in [5.74, 6) is 0.474. The number of halogens is 1. The molecule has 0 aromatic heterocycles. The largest absolute Gasteiger partial charge is 0.497 e.